The van der Waals surface area contributed by atoms with E-state index in [0.717, 1.165) is 12.8 Å². The van der Waals surface area contributed by atoms with Crippen LogP contribution < -0.4 is 5.73 Å². The minimum atomic E-state index is 0.253. The normalized spacial score (nSPS) is 19.0. The molecule has 1 heteroatoms. The number of hydrogen-bond donors (Lipinski definition) is 1. The molecule has 0 spiro atoms. The van der Waals surface area contributed by atoms with Gasteiger partial charge >= 0.3 is 0 Å². The molecule has 110 valence electrons. The topological polar surface area (TPSA) is 26.0 Å². The predicted octanol–water partition coefficient (Wildman–Crippen LogP) is 4.38. The molecule has 21 heavy (non-hydrogen) atoms. The van der Waals surface area contributed by atoms with E-state index in [1.54, 1.807) is 5.56 Å². The first-order valence-electron chi connectivity index (χ1n) is 8.11. The molecular weight excluding hydrogens is 254 g/mol. The van der Waals surface area contributed by atoms with Gasteiger partial charge in [0.2, 0.25) is 0 Å². The third-order valence-corrected chi connectivity index (χ3v) is 4.66. The van der Waals surface area contributed by atoms with Crippen LogP contribution in [0.4, 0.5) is 0 Å². The summed E-state index contributed by atoms with van der Waals surface area (Å²) in [4.78, 5) is 0. The fraction of sp³-hybridized carbons (Fsp3) is 0.400. The quantitative estimate of drug-likeness (QED) is 0.883. The Morgan fingerprint density at radius 3 is 2.86 bits per heavy atom. The molecule has 2 unspecified atom stereocenters. The van der Waals surface area contributed by atoms with Gasteiger partial charge in [-0.15, -0.1) is 0 Å². The highest BCUT2D eigenvalue weighted by atomic mass is 14.6. The highest BCUT2D eigenvalue weighted by Gasteiger charge is 2.21. The average molecular weight is 279 g/mol. The Balaban J connectivity index is 1.67. The van der Waals surface area contributed by atoms with Crippen molar-refractivity contribution in [3.05, 3.63) is 70.8 Å². The molecule has 2 aromatic rings. The summed E-state index contributed by atoms with van der Waals surface area (Å²) in [5.41, 5.74) is 12.2. The summed E-state index contributed by atoms with van der Waals surface area (Å²) in [6, 6.07) is 17.9. The SMILES string of the molecule is Cc1cccc(CC(N)CC2CCCc3ccccc32)c1. The number of fused-ring (bicyclic) bond motifs is 1. The second kappa shape index (κ2) is 6.44. The van der Waals surface area contributed by atoms with Gasteiger partial charge in [0.25, 0.3) is 0 Å². The summed E-state index contributed by atoms with van der Waals surface area (Å²) in [5, 5.41) is 0. The maximum atomic E-state index is 6.44. The van der Waals surface area contributed by atoms with Gasteiger partial charge in [0, 0.05) is 6.04 Å². The van der Waals surface area contributed by atoms with Crippen LogP contribution in [0.3, 0.4) is 0 Å². The number of aryl methyl sites for hydroxylation is 2. The van der Waals surface area contributed by atoms with E-state index in [-0.39, 0.29) is 6.04 Å². The first-order chi connectivity index (χ1) is 10.2. The van der Waals surface area contributed by atoms with Gasteiger partial charge in [0.1, 0.15) is 0 Å². The van der Waals surface area contributed by atoms with Gasteiger partial charge in [-0.2, -0.15) is 0 Å². The van der Waals surface area contributed by atoms with Gasteiger partial charge in [-0.3, -0.25) is 0 Å². The molecular formula is C20H25N. The molecule has 2 atom stereocenters. The highest BCUT2D eigenvalue weighted by Crippen LogP contribution is 2.34. The van der Waals surface area contributed by atoms with Crippen molar-refractivity contribution >= 4 is 0 Å². The molecule has 0 saturated carbocycles. The van der Waals surface area contributed by atoms with E-state index >= 15 is 0 Å². The average Bonchev–Trinajstić information content (AvgIpc) is 2.47. The Morgan fingerprint density at radius 1 is 1.14 bits per heavy atom. The zero-order valence-corrected chi connectivity index (χ0v) is 12.9. The molecule has 1 aliphatic rings. The Morgan fingerprint density at radius 2 is 2.00 bits per heavy atom. The second-order valence-electron chi connectivity index (χ2n) is 6.48. The Hall–Kier alpha value is -1.60. The molecule has 1 nitrogen and oxygen atoms in total. The van der Waals surface area contributed by atoms with E-state index in [1.165, 1.54) is 36.0 Å². The number of benzene rings is 2. The van der Waals surface area contributed by atoms with Crippen molar-refractivity contribution in [2.24, 2.45) is 5.73 Å². The van der Waals surface area contributed by atoms with E-state index in [9.17, 15) is 0 Å². The van der Waals surface area contributed by atoms with Crippen molar-refractivity contribution in [1.29, 1.82) is 0 Å². The molecule has 0 heterocycles. The number of nitrogens with two attached hydrogens (primary N) is 1. The van der Waals surface area contributed by atoms with E-state index in [0.29, 0.717) is 5.92 Å². The van der Waals surface area contributed by atoms with Gasteiger partial charge in [-0.1, -0.05) is 54.1 Å². The van der Waals surface area contributed by atoms with E-state index < -0.39 is 0 Å². The minimum Gasteiger partial charge on any atom is -0.327 e. The van der Waals surface area contributed by atoms with Crippen LogP contribution in [0.25, 0.3) is 0 Å². The Labute approximate surface area is 128 Å². The minimum absolute atomic E-state index is 0.253. The molecule has 0 aliphatic heterocycles. The van der Waals surface area contributed by atoms with E-state index in [2.05, 4.69) is 55.5 Å². The van der Waals surface area contributed by atoms with Crippen LogP contribution in [0.15, 0.2) is 48.5 Å². The third kappa shape index (κ3) is 3.54. The number of hydrogen-bond acceptors (Lipinski definition) is 1. The molecule has 2 N–H and O–H groups in total. The summed E-state index contributed by atoms with van der Waals surface area (Å²) in [6.45, 7) is 2.15. The van der Waals surface area contributed by atoms with E-state index in [1.807, 2.05) is 0 Å². The largest absolute Gasteiger partial charge is 0.327 e. The Bertz CT molecular complexity index is 602. The lowest BCUT2D eigenvalue weighted by atomic mass is 9.79. The number of rotatable bonds is 4. The van der Waals surface area contributed by atoms with Crippen LogP contribution in [0.2, 0.25) is 0 Å². The standard InChI is InChI=1S/C20H25N/c1-15-6-4-7-16(12-15)13-19(21)14-18-10-5-9-17-8-2-3-11-20(17)18/h2-4,6-8,11-12,18-19H,5,9-10,13-14,21H2,1H3. The first kappa shape index (κ1) is 14.3. The molecule has 0 fully saturated rings. The molecule has 1 aliphatic carbocycles. The lowest BCUT2D eigenvalue weighted by Crippen LogP contribution is -2.26. The molecule has 0 radical (unpaired) electrons. The van der Waals surface area contributed by atoms with Crippen molar-refractivity contribution in [2.45, 2.75) is 51.0 Å². The van der Waals surface area contributed by atoms with Gasteiger partial charge in [0.15, 0.2) is 0 Å². The zero-order chi connectivity index (χ0) is 14.7. The molecule has 0 aromatic heterocycles. The molecule has 0 amide bonds. The summed E-state index contributed by atoms with van der Waals surface area (Å²) < 4.78 is 0. The lowest BCUT2D eigenvalue weighted by Gasteiger charge is -2.27. The van der Waals surface area contributed by atoms with Crippen LogP contribution in [0.5, 0.6) is 0 Å². The molecule has 0 bridgehead atoms. The lowest BCUT2D eigenvalue weighted by molar-refractivity contribution is 0.466. The van der Waals surface area contributed by atoms with Crippen molar-refractivity contribution in [1.82, 2.24) is 0 Å². The van der Waals surface area contributed by atoms with E-state index in [4.69, 9.17) is 5.73 Å². The molecule has 3 rings (SSSR count). The molecule has 2 aromatic carbocycles. The summed E-state index contributed by atoms with van der Waals surface area (Å²) in [6.07, 6.45) is 5.92. The van der Waals surface area contributed by atoms with Gasteiger partial charge < -0.3 is 5.73 Å². The predicted molar refractivity (Wildman–Crippen MR) is 89.6 cm³/mol. The maximum Gasteiger partial charge on any atom is 0.00851 e. The van der Waals surface area contributed by atoms with Crippen LogP contribution in [-0.4, -0.2) is 6.04 Å². The maximum absolute atomic E-state index is 6.44. The van der Waals surface area contributed by atoms with Gasteiger partial charge in [0.05, 0.1) is 0 Å². The third-order valence-electron chi connectivity index (χ3n) is 4.66. The Kier molecular flexibility index (Phi) is 4.40. The van der Waals surface area contributed by atoms with Crippen LogP contribution in [-0.2, 0) is 12.8 Å². The summed E-state index contributed by atoms with van der Waals surface area (Å²) in [7, 11) is 0. The van der Waals surface area contributed by atoms with Crippen molar-refractivity contribution in [3.8, 4) is 0 Å². The monoisotopic (exact) mass is 279 g/mol. The first-order valence-corrected chi connectivity index (χ1v) is 8.11. The smallest absolute Gasteiger partial charge is 0.00851 e. The van der Waals surface area contributed by atoms with Gasteiger partial charge in [-0.05, 0) is 61.6 Å². The highest BCUT2D eigenvalue weighted by molar-refractivity contribution is 5.33. The van der Waals surface area contributed by atoms with Crippen molar-refractivity contribution in [3.63, 3.8) is 0 Å². The van der Waals surface area contributed by atoms with Crippen molar-refractivity contribution < 1.29 is 0 Å². The zero-order valence-electron chi connectivity index (χ0n) is 12.9. The fourth-order valence-corrected chi connectivity index (χ4v) is 3.69. The summed E-state index contributed by atoms with van der Waals surface area (Å²) >= 11 is 0. The van der Waals surface area contributed by atoms with Crippen LogP contribution in [0.1, 0.15) is 47.4 Å². The summed E-state index contributed by atoms with van der Waals surface area (Å²) in [5.74, 6) is 0.648. The second-order valence-corrected chi connectivity index (χ2v) is 6.48. The molecule has 0 saturated heterocycles. The van der Waals surface area contributed by atoms with Crippen LogP contribution in [0, 0.1) is 6.92 Å². The van der Waals surface area contributed by atoms with Crippen LogP contribution >= 0.6 is 0 Å². The van der Waals surface area contributed by atoms with Crippen molar-refractivity contribution in [2.75, 3.05) is 0 Å². The van der Waals surface area contributed by atoms with Gasteiger partial charge in [-0.25, -0.2) is 0 Å². The fourth-order valence-electron chi connectivity index (χ4n) is 3.69.